The van der Waals surface area contributed by atoms with E-state index in [9.17, 15) is 18.0 Å². The molecular formula is C23H18F3N3O2S. The SMILES string of the molecule is Cc1noc2nc(-c3cccc(C(F)(F)F)c3)cc(C(=O)N3CC(Cc4cccs4)C3)c12. The van der Waals surface area contributed by atoms with Crippen LogP contribution in [0.1, 0.15) is 26.5 Å². The highest BCUT2D eigenvalue weighted by Crippen LogP contribution is 2.34. The number of benzene rings is 1. The molecule has 164 valence electrons. The van der Waals surface area contributed by atoms with E-state index in [2.05, 4.69) is 16.2 Å². The van der Waals surface area contributed by atoms with Crippen LogP contribution in [0.5, 0.6) is 0 Å². The number of aromatic nitrogens is 2. The molecule has 5 rings (SSSR count). The highest BCUT2D eigenvalue weighted by molar-refractivity contribution is 7.09. The van der Waals surface area contributed by atoms with Crippen LogP contribution in [-0.2, 0) is 12.6 Å². The lowest BCUT2D eigenvalue weighted by Gasteiger charge is -2.39. The fraction of sp³-hybridized carbons (Fsp3) is 0.261. The molecule has 1 amide bonds. The van der Waals surface area contributed by atoms with Crippen LogP contribution in [0.4, 0.5) is 13.2 Å². The number of hydrogen-bond acceptors (Lipinski definition) is 5. The van der Waals surface area contributed by atoms with Crippen molar-refractivity contribution >= 4 is 28.3 Å². The van der Waals surface area contributed by atoms with Crippen LogP contribution in [0.15, 0.2) is 52.4 Å². The number of carbonyl (C=O) groups is 1. The molecule has 0 aliphatic carbocycles. The highest BCUT2D eigenvalue weighted by atomic mass is 32.1. The van der Waals surface area contributed by atoms with Gasteiger partial charge in [0.1, 0.15) is 0 Å². The van der Waals surface area contributed by atoms with E-state index in [1.165, 1.54) is 23.1 Å². The van der Waals surface area contributed by atoms with Gasteiger partial charge >= 0.3 is 6.18 Å². The molecule has 5 nitrogen and oxygen atoms in total. The number of rotatable bonds is 4. The van der Waals surface area contributed by atoms with Crippen molar-refractivity contribution in [3.05, 3.63) is 69.5 Å². The Morgan fingerprint density at radius 3 is 2.75 bits per heavy atom. The van der Waals surface area contributed by atoms with Gasteiger partial charge in [-0.3, -0.25) is 4.79 Å². The summed E-state index contributed by atoms with van der Waals surface area (Å²) < 4.78 is 44.8. The van der Waals surface area contributed by atoms with Crippen molar-refractivity contribution in [3.63, 3.8) is 0 Å². The third-order valence-electron chi connectivity index (χ3n) is 5.65. The molecule has 9 heteroatoms. The van der Waals surface area contributed by atoms with E-state index in [0.717, 1.165) is 18.6 Å². The summed E-state index contributed by atoms with van der Waals surface area (Å²) in [5.74, 6) is 0.195. The number of nitrogens with zero attached hydrogens (tertiary/aromatic N) is 3. The second-order valence-electron chi connectivity index (χ2n) is 7.94. The second kappa shape index (κ2) is 7.74. The van der Waals surface area contributed by atoms with Gasteiger partial charge in [-0.15, -0.1) is 11.3 Å². The number of halogens is 3. The van der Waals surface area contributed by atoms with Crippen LogP contribution < -0.4 is 0 Å². The first kappa shape index (κ1) is 20.7. The maximum absolute atomic E-state index is 13.3. The fourth-order valence-corrected chi connectivity index (χ4v) is 4.84. The van der Waals surface area contributed by atoms with Gasteiger partial charge < -0.3 is 9.42 Å². The summed E-state index contributed by atoms with van der Waals surface area (Å²) in [5, 5.41) is 6.44. The van der Waals surface area contributed by atoms with Crippen LogP contribution in [0.25, 0.3) is 22.4 Å². The Morgan fingerprint density at radius 1 is 1.22 bits per heavy atom. The largest absolute Gasteiger partial charge is 0.416 e. The molecule has 3 aromatic heterocycles. The van der Waals surface area contributed by atoms with Crippen molar-refractivity contribution in [1.29, 1.82) is 0 Å². The summed E-state index contributed by atoms with van der Waals surface area (Å²) in [6.07, 6.45) is -3.55. The molecule has 0 N–H and O–H groups in total. The van der Waals surface area contributed by atoms with Crippen molar-refractivity contribution in [2.45, 2.75) is 19.5 Å². The number of thiophene rings is 1. The van der Waals surface area contributed by atoms with Crippen molar-refractivity contribution in [1.82, 2.24) is 15.0 Å². The molecule has 4 aromatic rings. The average Bonchev–Trinajstić information content (AvgIpc) is 3.39. The highest BCUT2D eigenvalue weighted by Gasteiger charge is 2.34. The Hall–Kier alpha value is -3.20. The quantitative estimate of drug-likeness (QED) is 0.401. The lowest BCUT2D eigenvalue weighted by atomic mass is 9.94. The molecule has 0 spiro atoms. The van der Waals surface area contributed by atoms with Gasteiger partial charge in [-0.2, -0.15) is 13.2 Å². The number of alkyl halides is 3. The molecule has 0 radical (unpaired) electrons. The summed E-state index contributed by atoms with van der Waals surface area (Å²) in [5.41, 5.74) is 0.703. The Bertz CT molecular complexity index is 1290. The van der Waals surface area contributed by atoms with Crippen LogP contribution >= 0.6 is 11.3 Å². The summed E-state index contributed by atoms with van der Waals surface area (Å²) in [6, 6.07) is 10.5. The average molecular weight is 457 g/mol. The van der Waals surface area contributed by atoms with Crippen LogP contribution in [0.3, 0.4) is 0 Å². The van der Waals surface area contributed by atoms with Crippen LogP contribution in [0, 0.1) is 12.8 Å². The lowest BCUT2D eigenvalue weighted by Crippen LogP contribution is -2.50. The molecular weight excluding hydrogens is 439 g/mol. The molecule has 0 saturated carbocycles. The topological polar surface area (TPSA) is 59.2 Å². The first-order valence-electron chi connectivity index (χ1n) is 10.1. The molecule has 0 bridgehead atoms. The van der Waals surface area contributed by atoms with Crippen molar-refractivity contribution < 1.29 is 22.5 Å². The Kier molecular flexibility index (Phi) is 5.00. The fourth-order valence-electron chi connectivity index (χ4n) is 4.01. The molecule has 1 aliphatic heterocycles. The minimum Gasteiger partial charge on any atom is -0.338 e. The van der Waals surface area contributed by atoms with E-state index in [4.69, 9.17) is 4.52 Å². The Labute approximate surface area is 185 Å². The Morgan fingerprint density at radius 2 is 2.03 bits per heavy atom. The number of carbonyl (C=O) groups excluding carboxylic acids is 1. The van der Waals surface area contributed by atoms with E-state index < -0.39 is 11.7 Å². The van der Waals surface area contributed by atoms with E-state index in [1.807, 2.05) is 11.4 Å². The van der Waals surface area contributed by atoms with Crippen molar-refractivity contribution in [2.75, 3.05) is 13.1 Å². The molecule has 1 aliphatic rings. The van der Waals surface area contributed by atoms with Gasteiger partial charge in [0.15, 0.2) is 0 Å². The van der Waals surface area contributed by atoms with Gasteiger partial charge in [-0.25, -0.2) is 4.98 Å². The maximum Gasteiger partial charge on any atom is 0.416 e. The van der Waals surface area contributed by atoms with E-state index in [1.54, 1.807) is 23.2 Å². The first-order chi connectivity index (χ1) is 15.3. The predicted octanol–water partition coefficient (Wildman–Crippen LogP) is 5.59. The van der Waals surface area contributed by atoms with Gasteiger partial charge in [0.05, 0.1) is 27.9 Å². The second-order valence-corrected chi connectivity index (χ2v) is 8.97. The molecule has 1 aromatic carbocycles. The molecule has 32 heavy (non-hydrogen) atoms. The number of likely N-dealkylation sites (tertiary alicyclic amines) is 1. The normalized spacial score (nSPS) is 14.7. The number of hydrogen-bond donors (Lipinski definition) is 0. The molecule has 4 heterocycles. The molecule has 0 unspecified atom stereocenters. The molecule has 1 saturated heterocycles. The zero-order valence-corrected chi connectivity index (χ0v) is 17.8. The van der Waals surface area contributed by atoms with Gasteiger partial charge in [-0.1, -0.05) is 23.4 Å². The van der Waals surface area contributed by atoms with Gasteiger partial charge in [0.25, 0.3) is 11.6 Å². The number of fused-ring (bicyclic) bond motifs is 1. The molecule has 1 fully saturated rings. The zero-order valence-electron chi connectivity index (χ0n) is 17.0. The summed E-state index contributed by atoms with van der Waals surface area (Å²) in [4.78, 5) is 20.7. The maximum atomic E-state index is 13.3. The summed E-state index contributed by atoms with van der Waals surface area (Å²) in [7, 11) is 0. The number of amides is 1. The van der Waals surface area contributed by atoms with E-state index >= 15 is 0 Å². The van der Waals surface area contributed by atoms with Crippen molar-refractivity contribution in [3.8, 4) is 11.3 Å². The summed E-state index contributed by atoms with van der Waals surface area (Å²) >= 11 is 1.70. The zero-order chi connectivity index (χ0) is 22.5. The summed E-state index contributed by atoms with van der Waals surface area (Å²) in [6.45, 7) is 2.97. The van der Waals surface area contributed by atoms with E-state index in [0.29, 0.717) is 35.7 Å². The van der Waals surface area contributed by atoms with Gasteiger partial charge in [0.2, 0.25) is 0 Å². The monoisotopic (exact) mass is 457 g/mol. The minimum atomic E-state index is -4.48. The lowest BCUT2D eigenvalue weighted by molar-refractivity contribution is -0.137. The third-order valence-corrected chi connectivity index (χ3v) is 6.55. The van der Waals surface area contributed by atoms with Gasteiger partial charge in [-0.05, 0) is 48.9 Å². The van der Waals surface area contributed by atoms with E-state index in [-0.39, 0.29) is 22.9 Å². The third kappa shape index (κ3) is 3.77. The van der Waals surface area contributed by atoms with Crippen LogP contribution in [0.2, 0.25) is 0 Å². The van der Waals surface area contributed by atoms with Crippen LogP contribution in [-0.4, -0.2) is 34.0 Å². The Balaban J connectivity index is 1.47. The predicted molar refractivity (Wildman–Crippen MR) is 114 cm³/mol. The molecule has 0 atom stereocenters. The van der Waals surface area contributed by atoms with Gasteiger partial charge in [0, 0.05) is 23.5 Å². The number of pyridine rings is 1. The standard InChI is InChI=1S/C23H18F3N3O2S/c1-13-20-18(22(30)29-11-14(12-29)8-17-6-3-7-32-17)10-19(27-21(20)31-28-13)15-4-2-5-16(9-15)23(24,25)26/h2-7,9-10,14H,8,11-12H2,1H3. The first-order valence-corrected chi connectivity index (χ1v) is 10.9. The smallest absolute Gasteiger partial charge is 0.338 e. The number of aryl methyl sites for hydroxylation is 1. The minimum absolute atomic E-state index is 0.136. The van der Waals surface area contributed by atoms with Crippen molar-refractivity contribution in [2.24, 2.45) is 5.92 Å².